The number of carbonyl (C=O) groups is 2. The Balaban J connectivity index is 1.26. The molecule has 1 saturated heterocycles. The molecule has 0 bridgehead atoms. The lowest BCUT2D eigenvalue weighted by molar-refractivity contribution is 0.0664. The van der Waals surface area contributed by atoms with E-state index in [1.165, 1.54) is 19.3 Å². The summed E-state index contributed by atoms with van der Waals surface area (Å²) >= 11 is 0. The van der Waals surface area contributed by atoms with Crippen LogP contribution >= 0.6 is 0 Å². The Morgan fingerprint density at radius 2 is 1.62 bits per heavy atom. The first kappa shape index (κ1) is 20.5. The van der Waals surface area contributed by atoms with Crippen molar-refractivity contribution in [2.45, 2.75) is 38.1 Å². The maximum absolute atomic E-state index is 13.2. The van der Waals surface area contributed by atoms with Gasteiger partial charge in [-0.05, 0) is 18.9 Å². The fourth-order valence-corrected chi connectivity index (χ4v) is 4.67. The summed E-state index contributed by atoms with van der Waals surface area (Å²) in [5, 5.41) is 7.62. The van der Waals surface area contributed by atoms with Crippen LogP contribution in [0.25, 0.3) is 16.9 Å². The lowest BCUT2D eigenvalue weighted by Crippen LogP contribution is -2.54. The standard InChI is InChI=1S/C24H28N6O2/c31-23(28-13-15-29(16-14-28)24(32)27-19-9-5-2-6-10-19)20-17-26-30-21(11-12-25-22(20)30)18-7-3-1-4-8-18/h1,3-4,7-8,11-12,17,19H,2,5-6,9-10,13-16H2,(H,27,32). The Bertz CT molecular complexity index is 1100. The van der Waals surface area contributed by atoms with E-state index in [2.05, 4.69) is 15.4 Å². The van der Waals surface area contributed by atoms with Crippen LogP contribution in [-0.4, -0.2) is 68.6 Å². The molecule has 0 spiro atoms. The van der Waals surface area contributed by atoms with Gasteiger partial charge in [0.2, 0.25) is 0 Å². The summed E-state index contributed by atoms with van der Waals surface area (Å²) in [5.41, 5.74) is 2.94. The third kappa shape index (κ3) is 4.04. The Kier molecular flexibility index (Phi) is 5.75. The van der Waals surface area contributed by atoms with Crippen molar-refractivity contribution in [3.8, 4) is 11.3 Å². The largest absolute Gasteiger partial charge is 0.335 e. The molecule has 32 heavy (non-hydrogen) atoms. The highest BCUT2D eigenvalue weighted by Gasteiger charge is 2.28. The quantitative estimate of drug-likeness (QED) is 0.689. The van der Waals surface area contributed by atoms with E-state index in [-0.39, 0.29) is 11.9 Å². The van der Waals surface area contributed by atoms with Crippen LogP contribution in [-0.2, 0) is 0 Å². The number of fused-ring (bicyclic) bond motifs is 1. The second-order valence-electron chi connectivity index (χ2n) is 8.55. The number of aromatic nitrogens is 3. The maximum atomic E-state index is 13.2. The van der Waals surface area contributed by atoms with Crippen LogP contribution in [0.3, 0.4) is 0 Å². The molecule has 8 heteroatoms. The molecule has 1 aliphatic heterocycles. The first-order valence-electron chi connectivity index (χ1n) is 11.4. The minimum Gasteiger partial charge on any atom is -0.335 e. The fourth-order valence-electron chi connectivity index (χ4n) is 4.67. The highest BCUT2D eigenvalue weighted by Crippen LogP contribution is 2.22. The molecule has 0 unspecified atom stereocenters. The van der Waals surface area contributed by atoms with Crippen molar-refractivity contribution in [1.82, 2.24) is 29.7 Å². The average Bonchev–Trinajstić information content (AvgIpc) is 3.29. The number of amides is 3. The number of hydrogen-bond acceptors (Lipinski definition) is 4. The van der Waals surface area contributed by atoms with Gasteiger partial charge in [0.1, 0.15) is 5.56 Å². The third-order valence-corrected chi connectivity index (χ3v) is 6.49. The van der Waals surface area contributed by atoms with Gasteiger partial charge < -0.3 is 15.1 Å². The number of nitrogens with one attached hydrogen (secondary N) is 1. The Hall–Kier alpha value is -3.42. The van der Waals surface area contributed by atoms with Gasteiger partial charge in [0.15, 0.2) is 5.65 Å². The van der Waals surface area contributed by atoms with Crippen LogP contribution in [0.5, 0.6) is 0 Å². The van der Waals surface area contributed by atoms with E-state index < -0.39 is 0 Å². The molecule has 3 aromatic rings. The summed E-state index contributed by atoms with van der Waals surface area (Å²) in [5.74, 6) is -0.0925. The minimum atomic E-state index is -0.0925. The molecule has 2 aromatic heterocycles. The van der Waals surface area contributed by atoms with Crippen molar-refractivity contribution >= 4 is 17.6 Å². The van der Waals surface area contributed by atoms with Gasteiger partial charge in [-0.15, -0.1) is 0 Å². The van der Waals surface area contributed by atoms with Crippen LogP contribution in [0.1, 0.15) is 42.5 Å². The fraction of sp³-hybridized carbons (Fsp3) is 0.417. The predicted octanol–water partition coefficient (Wildman–Crippen LogP) is 3.20. The predicted molar refractivity (Wildman–Crippen MR) is 121 cm³/mol. The number of carbonyl (C=O) groups excluding carboxylic acids is 2. The van der Waals surface area contributed by atoms with E-state index in [4.69, 9.17) is 0 Å². The molecule has 1 saturated carbocycles. The number of hydrogen-bond donors (Lipinski definition) is 1. The molecular weight excluding hydrogens is 404 g/mol. The zero-order chi connectivity index (χ0) is 21.9. The third-order valence-electron chi connectivity index (χ3n) is 6.49. The number of urea groups is 1. The lowest BCUT2D eigenvalue weighted by Gasteiger charge is -2.35. The number of rotatable bonds is 3. The summed E-state index contributed by atoms with van der Waals surface area (Å²) < 4.78 is 1.72. The molecule has 2 fully saturated rings. The van der Waals surface area contributed by atoms with Crippen LogP contribution in [0.15, 0.2) is 48.8 Å². The molecule has 3 amide bonds. The zero-order valence-corrected chi connectivity index (χ0v) is 18.1. The Labute approximate surface area is 187 Å². The summed E-state index contributed by atoms with van der Waals surface area (Å²) in [7, 11) is 0. The molecule has 2 aliphatic rings. The van der Waals surface area contributed by atoms with Gasteiger partial charge >= 0.3 is 6.03 Å². The van der Waals surface area contributed by atoms with E-state index in [0.29, 0.717) is 43.4 Å². The van der Waals surface area contributed by atoms with E-state index in [9.17, 15) is 9.59 Å². The first-order chi connectivity index (χ1) is 15.7. The monoisotopic (exact) mass is 432 g/mol. The maximum Gasteiger partial charge on any atom is 0.317 e. The van der Waals surface area contributed by atoms with Crippen molar-refractivity contribution in [2.24, 2.45) is 0 Å². The van der Waals surface area contributed by atoms with Crippen LogP contribution in [0.4, 0.5) is 4.79 Å². The topological polar surface area (TPSA) is 82.8 Å². The van der Waals surface area contributed by atoms with E-state index in [1.807, 2.05) is 41.3 Å². The molecule has 166 valence electrons. The van der Waals surface area contributed by atoms with Gasteiger partial charge in [0.25, 0.3) is 5.91 Å². The molecular formula is C24H28N6O2. The molecule has 0 atom stereocenters. The molecule has 0 radical (unpaired) electrons. The SMILES string of the molecule is O=C(NC1CCCCC1)N1CCN(C(=O)c2cnn3c(-c4ccccc4)ccnc23)CC1. The summed E-state index contributed by atoms with van der Waals surface area (Å²) in [6.07, 6.45) is 9.08. The Morgan fingerprint density at radius 1 is 0.906 bits per heavy atom. The highest BCUT2D eigenvalue weighted by molar-refractivity contribution is 6.00. The smallest absolute Gasteiger partial charge is 0.317 e. The second-order valence-corrected chi connectivity index (χ2v) is 8.55. The van der Waals surface area contributed by atoms with Crippen molar-refractivity contribution in [3.63, 3.8) is 0 Å². The van der Waals surface area contributed by atoms with Crippen LogP contribution < -0.4 is 5.32 Å². The number of nitrogens with zero attached hydrogens (tertiary/aromatic N) is 5. The van der Waals surface area contributed by atoms with Crippen molar-refractivity contribution < 1.29 is 9.59 Å². The second kappa shape index (κ2) is 8.98. The lowest BCUT2D eigenvalue weighted by atomic mass is 9.96. The number of benzene rings is 1. The average molecular weight is 433 g/mol. The molecule has 1 aliphatic carbocycles. The van der Waals surface area contributed by atoms with Gasteiger partial charge in [-0.1, -0.05) is 49.6 Å². The summed E-state index contributed by atoms with van der Waals surface area (Å²) in [6.45, 7) is 2.08. The minimum absolute atomic E-state index is 0.00542. The molecule has 1 N–H and O–H groups in total. The molecule has 8 nitrogen and oxygen atoms in total. The van der Waals surface area contributed by atoms with Gasteiger partial charge in [-0.3, -0.25) is 4.79 Å². The van der Waals surface area contributed by atoms with Gasteiger partial charge in [0, 0.05) is 44.0 Å². The number of piperazine rings is 1. The van der Waals surface area contributed by atoms with Crippen molar-refractivity contribution in [3.05, 3.63) is 54.4 Å². The van der Waals surface area contributed by atoms with Crippen LogP contribution in [0, 0.1) is 0 Å². The molecule has 3 heterocycles. The van der Waals surface area contributed by atoms with Crippen LogP contribution in [0.2, 0.25) is 0 Å². The van der Waals surface area contributed by atoms with E-state index >= 15 is 0 Å². The van der Waals surface area contributed by atoms with Gasteiger partial charge in [-0.25, -0.2) is 14.3 Å². The van der Waals surface area contributed by atoms with Gasteiger partial charge in [0.05, 0.1) is 11.9 Å². The van der Waals surface area contributed by atoms with Crippen molar-refractivity contribution in [1.29, 1.82) is 0 Å². The van der Waals surface area contributed by atoms with E-state index in [1.54, 1.807) is 21.8 Å². The zero-order valence-electron chi connectivity index (χ0n) is 18.1. The van der Waals surface area contributed by atoms with Crippen molar-refractivity contribution in [2.75, 3.05) is 26.2 Å². The molecule has 5 rings (SSSR count). The van der Waals surface area contributed by atoms with Gasteiger partial charge in [-0.2, -0.15) is 5.10 Å². The molecule has 1 aromatic carbocycles. The first-order valence-corrected chi connectivity index (χ1v) is 11.4. The summed E-state index contributed by atoms with van der Waals surface area (Å²) in [4.78, 5) is 33.9. The Morgan fingerprint density at radius 3 is 2.38 bits per heavy atom. The normalized spacial score (nSPS) is 17.5. The highest BCUT2D eigenvalue weighted by atomic mass is 16.2. The van der Waals surface area contributed by atoms with E-state index in [0.717, 1.165) is 24.1 Å². The summed E-state index contributed by atoms with van der Waals surface area (Å²) in [6, 6.07) is 12.1.